The lowest BCUT2D eigenvalue weighted by Gasteiger charge is -2.16. The highest BCUT2D eigenvalue weighted by atomic mass is 19.4. The van der Waals surface area contributed by atoms with E-state index in [9.17, 15) is 13.2 Å². The lowest BCUT2D eigenvalue weighted by molar-refractivity contribution is -0.141. The molecule has 0 saturated carbocycles. The maximum Gasteiger partial charge on any atom is 0.433 e. The molecule has 0 saturated heterocycles. The molecule has 1 unspecified atom stereocenters. The molecule has 0 fully saturated rings. The van der Waals surface area contributed by atoms with E-state index in [1.165, 1.54) is 7.11 Å². The van der Waals surface area contributed by atoms with Crippen LogP contribution in [0.1, 0.15) is 19.0 Å². The first-order valence-corrected chi connectivity index (χ1v) is 5.13. The molecule has 1 N–H and O–H groups in total. The van der Waals surface area contributed by atoms with Gasteiger partial charge in [-0.2, -0.15) is 13.2 Å². The Bertz CT molecular complexity index is 357. The van der Waals surface area contributed by atoms with Gasteiger partial charge in [0.05, 0.1) is 12.6 Å². The number of anilines is 1. The Morgan fingerprint density at radius 1 is 1.47 bits per heavy atom. The van der Waals surface area contributed by atoms with Crippen molar-refractivity contribution >= 4 is 5.95 Å². The second-order valence-corrected chi connectivity index (χ2v) is 3.47. The van der Waals surface area contributed by atoms with E-state index < -0.39 is 11.9 Å². The van der Waals surface area contributed by atoms with Gasteiger partial charge in [-0.25, -0.2) is 9.97 Å². The molecule has 1 aromatic heterocycles. The fourth-order valence-electron chi connectivity index (χ4n) is 1.23. The highest BCUT2D eigenvalue weighted by Gasteiger charge is 2.32. The highest BCUT2D eigenvalue weighted by molar-refractivity contribution is 5.27. The SMILES string of the molecule is CCC(COC)Nc1nccc(C(F)(F)F)n1. The van der Waals surface area contributed by atoms with Gasteiger partial charge in [0.15, 0.2) is 0 Å². The van der Waals surface area contributed by atoms with Crippen LogP contribution in [-0.4, -0.2) is 29.7 Å². The van der Waals surface area contributed by atoms with E-state index in [1.54, 1.807) is 0 Å². The zero-order valence-corrected chi connectivity index (χ0v) is 9.58. The molecule has 1 aromatic rings. The van der Waals surface area contributed by atoms with Gasteiger partial charge in [0.1, 0.15) is 5.69 Å². The second-order valence-electron chi connectivity index (χ2n) is 3.47. The number of alkyl halides is 3. The van der Waals surface area contributed by atoms with Crippen LogP contribution in [0, 0.1) is 0 Å². The summed E-state index contributed by atoms with van der Waals surface area (Å²) in [6, 6.07) is 0.728. The van der Waals surface area contributed by atoms with Crippen molar-refractivity contribution in [2.45, 2.75) is 25.6 Å². The summed E-state index contributed by atoms with van der Waals surface area (Å²) in [6.45, 7) is 2.28. The van der Waals surface area contributed by atoms with E-state index in [2.05, 4.69) is 15.3 Å². The van der Waals surface area contributed by atoms with Crippen molar-refractivity contribution in [3.8, 4) is 0 Å². The topological polar surface area (TPSA) is 47.0 Å². The molecule has 4 nitrogen and oxygen atoms in total. The third-order valence-electron chi connectivity index (χ3n) is 2.14. The average molecular weight is 249 g/mol. The van der Waals surface area contributed by atoms with E-state index in [-0.39, 0.29) is 12.0 Å². The quantitative estimate of drug-likeness (QED) is 0.870. The van der Waals surface area contributed by atoms with Gasteiger partial charge in [-0.1, -0.05) is 6.92 Å². The molecule has 0 aliphatic carbocycles. The van der Waals surface area contributed by atoms with Crippen molar-refractivity contribution in [3.05, 3.63) is 18.0 Å². The van der Waals surface area contributed by atoms with Crippen LogP contribution < -0.4 is 5.32 Å². The summed E-state index contributed by atoms with van der Waals surface area (Å²) in [7, 11) is 1.53. The lowest BCUT2D eigenvalue weighted by atomic mass is 10.2. The first kappa shape index (κ1) is 13.7. The molecule has 17 heavy (non-hydrogen) atoms. The number of hydrogen-bond acceptors (Lipinski definition) is 4. The van der Waals surface area contributed by atoms with Gasteiger partial charge in [-0.05, 0) is 12.5 Å². The van der Waals surface area contributed by atoms with Gasteiger partial charge >= 0.3 is 6.18 Å². The van der Waals surface area contributed by atoms with Crippen LogP contribution in [0.2, 0.25) is 0 Å². The van der Waals surface area contributed by atoms with Gasteiger partial charge in [0.25, 0.3) is 0 Å². The summed E-state index contributed by atoms with van der Waals surface area (Å²) in [5, 5.41) is 2.79. The molecule has 0 aliphatic rings. The predicted molar refractivity (Wildman–Crippen MR) is 56.6 cm³/mol. The van der Waals surface area contributed by atoms with Crippen LogP contribution in [-0.2, 0) is 10.9 Å². The van der Waals surface area contributed by atoms with Crippen molar-refractivity contribution in [2.24, 2.45) is 0 Å². The molecule has 0 spiro atoms. The Morgan fingerprint density at radius 3 is 2.71 bits per heavy atom. The molecule has 1 heterocycles. The van der Waals surface area contributed by atoms with Crippen LogP contribution in [0.25, 0.3) is 0 Å². The van der Waals surface area contributed by atoms with E-state index in [4.69, 9.17) is 4.74 Å². The Balaban J connectivity index is 2.78. The van der Waals surface area contributed by atoms with Gasteiger partial charge in [-0.3, -0.25) is 0 Å². The lowest BCUT2D eigenvalue weighted by Crippen LogP contribution is -2.25. The Hall–Kier alpha value is -1.37. The number of rotatable bonds is 5. The number of aromatic nitrogens is 2. The van der Waals surface area contributed by atoms with E-state index in [0.717, 1.165) is 12.3 Å². The predicted octanol–water partition coefficient (Wildman–Crippen LogP) is 2.33. The first-order chi connectivity index (χ1) is 7.97. The third-order valence-corrected chi connectivity index (χ3v) is 2.14. The minimum absolute atomic E-state index is 0.0382. The second kappa shape index (κ2) is 5.81. The van der Waals surface area contributed by atoms with Crippen molar-refractivity contribution in [2.75, 3.05) is 19.0 Å². The Labute approximate surface area is 97.2 Å². The largest absolute Gasteiger partial charge is 0.433 e. The van der Waals surface area contributed by atoms with E-state index in [1.807, 2.05) is 6.92 Å². The van der Waals surface area contributed by atoms with Crippen LogP contribution in [0.15, 0.2) is 12.3 Å². The fourth-order valence-corrected chi connectivity index (χ4v) is 1.23. The van der Waals surface area contributed by atoms with Crippen LogP contribution >= 0.6 is 0 Å². The minimum Gasteiger partial charge on any atom is -0.383 e. The Morgan fingerprint density at radius 2 is 2.18 bits per heavy atom. The zero-order chi connectivity index (χ0) is 12.9. The van der Waals surface area contributed by atoms with Crippen LogP contribution in [0.5, 0.6) is 0 Å². The maximum absolute atomic E-state index is 12.4. The molecule has 0 radical (unpaired) electrons. The summed E-state index contributed by atoms with van der Waals surface area (Å²) < 4.78 is 42.1. The number of hydrogen-bond donors (Lipinski definition) is 1. The standard InChI is InChI=1S/C10H14F3N3O/c1-3-7(6-17-2)15-9-14-5-4-8(16-9)10(11,12)13/h4-5,7H,3,6H2,1-2H3,(H,14,15,16). The molecule has 0 aliphatic heterocycles. The van der Waals surface area contributed by atoms with E-state index >= 15 is 0 Å². The molecule has 0 aromatic carbocycles. The van der Waals surface area contributed by atoms with Gasteiger partial charge in [-0.15, -0.1) is 0 Å². The normalized spacial score (nSPS) is 13.5. The monoisotopic (exact) mass is 249 g/mol. The fraction of sp³-hybridized carbons (Fsp3) is 0.600. The molecule has 96 valence electrons. The number of ether oxygens (including phenoxy) is 1. The molecule has 7 heteroatoms. The van der Waals surface area contributed by atoms with Crippen molar-refractivity contribution in [1.29, 1.82) is 0 Å². The smallest absolute Gasteiger partial charge is 0.383 e. The summed E-state index contributed by atoms with van der Waals surface area (Å²) in [6.07, 6.45) is -2.67. The number of nitrogens with one attached hydrogen (secondary N) is 1. The Kier molecular flexibility index (Phi) is 4.68. The first-order valence-electron chi connectivity index (χ1n) is 5.13. The van der Waals surface area contributed by atoms with Crippen molar-refractivity contribution in [3.63, 3.8) is 0 Å². The average Bonchev–Trinajstić information content (AvgIpc) is 2.28. The summed E-state index contributed by atoms with van der Waals surface area (Å²) >= 11 is 0. The molecule has 0 bridgehead atoms. The minimum atomic E-state index is -4.46. The van der Waals surface area contributed by atoms with Crippen LogP contribution in [0.4, 0.5) is 19.1 Å². The number of nitrogens with zero attached hydrogens (tertiary/aromatic N) is 2. The van der Waals surface area contributed by atoms with E-state index in [0.29, 0.717) is 13.0 Å². The molecule has 1 atom stereocenters. The number of methoxy groups -OCH3 is 1. The molecular weight excluding hydrogens is 235 g/mol. The number of halogens is 3. The summed E-state index contributed by atoms with van der Waals surface area (Å²) in [5.41, 5.74) is -0.956. The van der Waals surface area contributed by atoms with Gasteiger partial charge in [0, 0.05) is 13.3 Å². The highest BCUT2D eigenvalue weighted by Crippen LogP contribution is 2.27. The third kappa shape index (κ3) is 4.18. The maximum atomic E-state index is 12.4. The van der Waals surface area contributed by atoms with Crippen LogP contribution in [0.3, 0.4) is 0 Å². The van der Waals surface area contributed by atoms with Crippen molar-refractivity contribution in [1.82, 2.24) is 9.97 Å². The summed E-state index contributed by atoms with van der Waals surface area (Å²) in [4.78, 5) is 7.16. The molecular formula is C10H14F3N3O. The van der Waals surface area contributed by atoms with Crippen molar-refractivity contribution < 1.29 is 17.9 Å². The molecule has 0 amide bonds. The van der Waals surface area contributed by atoms with Gasteiger partial charge in [0.2, 0.25) is 5.95 Å². The summed E-state index contributed by atoms with van der Waals surface area (Å²) in [5.74, 6) is -0.0382. The zero-order valence-electron chi connectivity index (χ0n) is 9.58. The van der Waals surface area contributed by atoms with Gasteiger partial charge < -0.3 is 10.1 Å². The molecule has 1 rings (SSSR count).